The van der Waals surface area contributed by atoms with E-state index in [1.54, 1.807) is 10.9 Å². The van der Waals surface area contributed by atoms with Gasteiger partial charge in [-0.05, 0) is 39.2 Å². The maximum absolute atomic E-state index is 12.4. The molecule has 2 fully saturated rings. The van der Waals surface area contributed by atoms with Gasteiger partial charge in [0.1, 0.15) is 5.69 Å². The van der Waals surface area contributed by atoms with E-state index in [1.807, 2.05) is 6.92 Å². The number of anilines is 1. The summed E-state index contributed by atoms with van der Waals surface area (Å²) in [7, 11) is 0. The first-order valence-electron chi connectivity index (χ1n) is 7.55. The van der Waals surface area contributed by atoms with Crippen LogP contribution in [0.3, 0.4) is 0 Å². The summed E-state index contributed by atoms with van der Waals surface area (Å²) in [5.74, 6) is -0.0849. The maximum Gasteiger partial charge on any atom is 0.271 e. The summed E-state index contributed by atoms with van der Waals surface area (Å²) < 4.78 is 1.66. The first-order chi connectivity index (χ1) is 9.69. The summed E-state index contributed by atoms with van der Waals surface area (Å²) in [6.45, 7) is 4.93. The van der Waals surface area contributed by atoms with Gasteiger partial charge in [-0.25, -0.2) is 0 Å². The van der Waals surface area contributed by atoms with Crippen molar-refractivity contribution in [2.75, 3.05) is 18.8 Å². The highest BCUT2D eigenvalue weighted by molar-refractivity contribution is 5.97. The molecule has 3 N–H and O–H groups in total. The van der Waals surface area contributed by atoms with Crippen LogP contribution in [0.25, 0.3) is 0 Å². The third-order valence-corrected chi connectivity index (χ3v) is 4.54. The Morgan fingerprint density at radius 1 is 1.50 bits per heavy atom. The van der Waals surface area contributed by atoms with E-state index >= 15 is 0 Å². The molecule has 3 rings (SSSR count). The van der Waals surface area contributed by atoms with Crippen LogP contribution in [0.15, 0.2) is 6.20 Å². The SMILES string of the molecule is CCn1ncc(N)c1C(=O)NC1CCN2CCCC2C1. The largest absolute Gasteiger partial charge is 0.396 e. The highest BCUT2D eigenvalue weighted by Crippen LogP contribution is 2.27. The first-order valence-corrected chi connectivity index (χ1v) is 7.55. The number of carbonyl (C=O) groups excluding carboxylic acids is 1. The molecule has 110 valence electrons. The number of hydrogen-bond donors (Lipinski definition) is 2. The number of piperidine rings is 1. The van der Waals surface area contributed by atoms with Crippen molar-refractivity contribution in [3.63, 3.8) is 0 Å². The molecule has 0 saturated carbocycles. The fraction of sp³-hybridized carbons (Fsp3) is 0.714. The van der Waals surface area contributed by atoms with E-state index in [1.165, 1.54) is 19.4 Å². The van der Waals surface area contributed by atoms with Gasteiger partial charge in [0, 0.05) is 25.2 Å². The average molecular weight is 277 g/mol. The summed E-state index contributed by atoms with van der Waals surface area (Å²) in [5, 5.41) is 7.27. The zero-order valence-corrected chi connectivity index (χ0v) is 12.0. The van der Waals surface area contributed by atoms with Gasteiger partial charge in [-0.15, -0.1) is 0 Å². The minimum atomic E-state index is -0.0849. The summed E-state index contributed by atoms with van der Waals surface area (Å²) in [6, 6.07) is 0.920. The molecule has 2 saturated heterocycles. The molecule has 0 radical (unpaired) electrons. The number of fused-ring (bicyclic) bond motifs is 1. The van der Waals surface area contributed by atoms with Crippen molar-refractivity contribution in [1.29, 1.82) is 0 Å². The third kappa shape index (κ3) is 2.40. The fourth-order valence-electron chi connectivity index (χ4n) is 3.50. The van der Waals surface area contributed by atoms with Gasteiger partial charge in [-0.3, -0.25) is 9.48 Å². The average Bonchev–Trinajstić information content (AvgIpc) is 3.04. The predicted octanol–water partition coefficient (Wildman–Crippen LogP) is 0.842. The molecule has 0 bridgehead atoms. The van der Waals surface area contributed by atoms with Crippen LogP contribution in [0.1, 0.15) is 43.1 Å². The lowest BCUT2D eigenvalue weighted by Crippen LogP contribution is -2.47. The molecule has 0 aromatic carbocycles. The Bertz CT molecular complexity index is 498. The van der Waals surface area contributed by atoms with Crippen LogP contribution in [-0.4, -0.2) is 45.8 Å². The Hall–Kier alpha value is -1.56. The molecule has 1 amide bonds. The molecular formula is C14H23N5O. The zero-order valence-electron chi connectivity index (χ0n) is 12.0. The van der Waals surface area contributed by atoms with Gasteiger partial charge in [0.25, 0.3) is 5.91 Å². The van der Waals surface area contributed by atoms with Crippen LogP contribution in [0.4, 0.5) is 5.69 Å². The van der Waals surface area contributed by atoms with Crippen LogP contribution in [0.5, 0.6) is 0 Å². The Balaban J connectivity index is 1.65. The van der Waals surface area contributed by atoms with E-state index in [0.717, 1.165) is 19.4 Å². The number of nitrogens with two attached hydrogens (primary N) is 1. The molecular weight excluding hydrogens is 254 g/mol. The van der Waals surface area contributed by atoms with Crippen LogP contribution in [-0.2, 0) is 6.54 Å². The second-order valence-electron chi connectivity index (χ2n) is 5.79. The Morgan fingerprint density at radius 2 is 2.35 bits per heavy atom. The lowest BCUT2D eigenvalue weighted by atomic mass is 9.97. The van der Waals surface area contributed by atoms with E-state index in [4.69, 9.17) is 5.73 Å². The topological polar surface area (TPSA) is 76.2 Å². The van der Waals surface area contributed by atoms with Crippen molar-refractivity contribution in [2.24, 2.45) is 0 Å². The van der Waals surface area contributed by atoms with Crippen molar-refractivity contribution in [1.82, 2.24) is 20.0 Å². The minimum Gasteiger partial charge on any atom is -0.396 e. The summed E-state index contributed by atoms with van der Waals surface area (Å²) in [6.07, 6.45) is 6.20. The summed E-state index contributed by atoms with van der Waals surface area (Å²) >= 11 is 0. The van der Waals surface area contributed by atoms with Gasteiger partial charge in [-0.2, -0.15) is 5.10 Å². The molecule has 1 aromatic heterocycles. The van der Waals surface area contributed by atoms with E-state index in [9.17, 15) is 4.79 Å². The van der Waals surface area contributed by atoms with Gasteiger partial charge in [-0.1, -0.05) is 0 Å². The Kier molecular flexibility index (Phi) is 3.65. The number of carbonyl (C=O) groups is 1. The number of nitrogen functional groups attached to an aromatic ring is 1. The molecule has 6 nitrogen and oxygen atoms in total. The molecule has 1 aromatic rings. The number of aromatic nitrogens is 2. The number of nitrogens with one attached hydrogen (secondary N) is 1. The molecule has 2 aliphatic rings. The van der Waals surface area contributed by atoms with Crippen LogP contribution in [0, 0.1) is 0 Å². The Morgan fingerprint density at radius 3 is 3.15 bits per heavy atom. The summed E-state index contributed by atoms with van der Waals surface area (Å²) in [4.78, 5) is 15.0. The van der Waals surface area contributed by atoms with Crippen molar-refractivity contribution >= 4 is 11.6 Å². The number of aryl methyl sites for hydroxylation is 1. The summed E-state index contributed by atoms with van der Waals surface area (Å²) in [5.41, 5.74) is 6.82. The quantitative estimate of drug-likeness (QED) is 0.858. The molecule has 6 heteroatoms. The number of rotatable bonds is 3. The molecule has 0 spiro atoms. The van der Waals surface area contributed by atoms with Gasteiger partial charge < -0.3 is 16.0 Å². The number of hydrogen-bond acceptors (Lipinski definition) is 4. The monoisotopic (exact) mass is 277 g/mol. The van der Waals surface area contributed by atoms with Gasteiger partial charge in [0.15, 0.2) is 0 Å². The van der Waals surface area contributed by atoms with Crippen molar-refractivity contribution in [3.8, 4) is 0 Å². The highest BCUT2D eigenvalue weighted by atomic mass is 16.2. The lowest BCUT2D eigenvalue weighted by molar-refractivity contribution is 0.0886. The van der Waals surface area contributed by atoms with Gasteiger partial charge >= 0.3 is 0 Å². The van der Waals surface area contributed by atoms with E-state index < -0.39 is 0 Å². The van der Waals surface area contributed by atoms with Gasteiger partial charge in [0.05, 0.1) is 11.9 Å². The molecule has 3 heterocycles. The molecule has 20 heavy (non-hydrogen) atoms. The lowest BCUT2D eigenvalue weighted by Gasteiger charge is -2.35. The normalized spacial score (nSPS) is 26.4. The van der Waals surface area contributed by atoms with Crippen molar-refractivity contribution in [3.05, 3.63) is 11.9 Å². The zero-order chi connectivity index (χ0) is 14.1. The van der Waals surface area contributed by atoms with Crippen molar-refractivity contribution in [2.45, 2.75) is 51.2 Å². The minimum absolute atomic E-state index is 0.0849. The van der Waals surface area contributed by atoms with Crippen molar-refractivity contribution < 1.29 is 4.79 Å². The van der Waals surface area contributed by atoms with E-state index in [0.29, 0.717) is 24.0 Å². The molecule has 0 aliphatic carbocycles. The Labute approximate surface area is 119 Å². The van der Waals surface area contributed by atoms with Crippen LogP contribution >= 0.6 is 0 Å². The van der Waals surface area contributed by atoms with Crippen LogP contribution < -0.4 is 11.1 Å². The molecule has 2 atom stereocenters. The van der Waals surface area contributed by atoms with E-state index in [2.05, 4.69) is 15.3 Å². The number of amides is 1. The standard InChI is InChI=1S/C14H23N5O/c1-2-19-13(12(15)9-16-19)14(20)17-10-5-7-18-6-3-4-11(18)8-10/h9-11H,2-8,15H2,1H3,(H,17,20). The highest BCUT2D eigenvalue weighted by Gasteiger charge is 2.32. The van der Waals surface area contributed by atoms with Gasteiger partial charge in [0.2, 0.25) is 0 Å². The number of nitrogens with zero attached hydrogens (tertiary/aromatic N) is 3. The second-order valence-corrected chi connectivity index (χ2v) is 5.79. The van der Waals surface area contributed by atoms with Crippen LogP contribution in [0.2, 0.25) is 0 Å². The maximum atomic E-state index is 12.4. The molecule has 2 unspecified atom stereocenters. The predicted molar refractivity (Wildman–Crippen MR) is 77.4 cm³/mol. The molecule has 2 aliphatic heterocycles. The second kappa shape index (κ2) is 5.44. The fourth-order valence-corrected chi connectivity index (χ4v) is 3.50. The smallest absolute Gasteiger partial charge is 0.271 e. The third-order valence-electron chi connectivity index (χ3n) is 4.54. The van der Waals surface area contributed by atoms with E-state index in [-0.39, 0.29) is 11.9 Å². The first kappa shape index (κ1) is 13.4.